The standard InChI is InChI=1S/C15H9BrIN3O/c16-12-3-6-14(18-7-12)20-8-11(9-21)15(19-20)10-1-4-13(17)5-2-10/h1-9H. The molecule has 104 valence electrons. The SMILES string of the molecule is O=Cc1cn(-c2ccc(Br)cn2)nc1-c1ccc(I)cc1. The third-order valence-electron chi connectivity index (χ3n) is 2.93. The molecule has 0 radical (unpaired) electrons. The number of aldehydes is 1. The lowest BCUT2D eigenvalue weighted by molar-refractivity contribution is 0.112. The van der Waals surface area contributed by atoms with Gasteiger partial charge in [0, 0.05) is 26.0 Å². The maximum absolute atomic E-state index is 11.3. The molecule has 0 aliphatic heterocycles. The van der Waals surface area contributed by atoms with Crippen molar-refractivity contribution < 1.29 is 4.79 Å². The minimum Gasteiger partial charge on any atom is -0.298 e. The topological polar surface area (TPSA) is 47.8 Å². The fraction of sp³-hybridized carbons (Fsp3) is 0. The summed E-state index contributed by atoms with van der Waals surface area (Å²) in [5.74, 6) is 0.665. The van der Waals surface area contributed by atoms with Crippen molar-refractivity contribution in [2.24, 2.45) is 0 Å². The summed E-state index contributed by atoms with van der Waals surface area (Å²) >= 11 is 5.59. The van der Waals surface area contributed by atoms with Gasteiger partial charge in [0.05, 0.1) is 5.56 Å². The Kier molecular flexibility index (Phi) is 4.16. The highest BCUT2D eigenvalue weighted by Gasteiger charge is 2.12. The smallest absolute Gasteiger partial charge is 0.153 e. The van der Waals surface area contributed by atoms with Crippen molar-refractivity contribution in [3.8, 4) is 17.1 Å². The van der Waals surface area contributed by atoms with Crippen molar-refractivity contribution in [3.05, 3.63) is 62.4 Å². The van der Waals surface area contributed by atoms with Gasteiger partial charge in [-0.3, -0.25) is 4.79 Å². The molecule has 3 aromatic rings. The van der Waals surface area contributed by atoms with Gasteiger partial charge in [0.1, 0.15) is 5.69 Å². The van der Waals surface area contributed by atoms with Crippen LogP contribution in [-0.2, 0) is 0 Å². The number of aromatic nitrogens is 3. The Bertz CT molecular complexity index is 782. The van der Waals surface area contributed by atoms with Crippen LogP contribution in [0.5, 0.6) is 0 Å². The minimum absolute atomic E-state index is 0.543. The van der Waals surface area contributed by atoms with Gasteiger partial charge in [-0.2, -0.15) is 5.10 Å². The van der Waals surface area contributed by atoms with Gasteiger partial charge in [-0.25, -0.2) is 9.67 Å². The molecule has 0 saturated heterocycles. The summed E-state index contributed by atoms with van der Waals surface area (Å²) in [6, 6.07) is 11.6. The van der Waals surface area contributed by atoms with Crippen molar-refractivity contribution >= 4 is 44.8 Å². The molecule has 0 fully saturated rings. The fourth-order valence-corrected chi connectivity index (χ4v) is 2.52. The molecule has 3 rings (SSSR count). The second-order valence-electron chi connectivity index (χ2n) is 4.34. The second-order valence-corrected chi connectivity index (χ2v) is 6.50. The molecule has 21 heavy (non-hydrogen) atoms. The van der Waals surface area contributed by atoms with Crippen LogP contribution in [0.1, 0.15) is 10.4 Å². The first-order valence-electron chi connectivity index (χ1n) is 6.10. The van der Waals surface area contributed by atoms with Crippen molar-refractivity contribution in [1.29, 1.82) is 0 Å². The maximum Gasteiger partial charge on any atom is 0.153 e. The van der Waals surface area contributed by atoms with Crippen LogP contribution in [0.3, 0.4) is 0 Å². The van der Waals surface area contributed by atoms with E-state index in [0.717, 1.165) is 19.9 Å². The van der Waals surface area contributed by atoms with Crippen molar-refractivity contribution in [3.63, 3.8) is 0 Å². The largest absolute Gasteiger partial charge is 0.298 e. The molecule has 6 heteroatoms. The Balaban J connectivity index is 2.08. The van der Waals surface area contributed by atoms with Crippen LogP contribution in [-0.4, -0.2) is 21.1 Å². The van der Waals surface area contributed by atoms with E-state index < -0.39 is 0 Å². The quantitative estimate of drug-likeness (QED) is 0.442. The van der Waals surface area contributed by atoms with Crippen molar-refractivity contribution in [2.45, 2.75) is 0 Å². The molecule has 2 heterocycles. The fourth-order valence-electron chi connectivity index (χ4n) is 1.93. The first-order chi connectivity index (χ1) is 10.2. The van der Waals surface area contributed by atoms with E-state index in [0.29, 0.717) is 17.1 Å². The maximum atomic E-state index is 11.3. The highest BCUT2D eigenvalue weighted by Crippen LogP contribution is 2.23. The number of hydrogen-bond donors (Lipinski definition) is 0. The summed E-state index contributed by atoms with van der Waals surface area (Å²) in [6.45, 7) is 0. The molecule has 0 atom stereocenters. The van der Waals surface area contributed by atoms with E-state index in [1.165, 1.54) is 0 Å². The van der Waals surface area contributed by atoms with Gasteiger partial charge in [0.15, 0.2) is 12.1 Å². The summed E-state index contributed by atoms with van der Waals surface area (Å²) in [5.41, 5.74) is 2.11. The van der Waals surface area contributed by atoms with E-state index in [-0.39, 0.29) is 0 Å². The lowest BCUT2D eigenvalue weighted by Gasteiger charge is -2.00. The third-order valence-corrected chi connectivity index (χ3v) is 4.12. The van der Waals surface area contributed by atoms with Crippen LogP contribution < -0.4 is 0 Å². The minimum atomic E-state index is 0.543. The molecular weight excluding hydrogens is 445 g/mol. The molecule has 0 N–H and O–H groups in total. The van der Waals surface area contributed by atoms with Crippen LogP contribution in [0.2, 0.25) is 0 Å². The first kappa shape index (κ1) is 14.4. The zero-order valence-corrected chi connectivity index (χ0v) is 14.4. The zero-order valence-electron chi connectivity index (χ0n) is 10.7. The van der Waals surface area contributed by atoms with Crippen LogP contribution in [0.25, 0.3) is 17.1 Å². The van der Waals surface area contributed by atoms with E-state index >= 15 is 0 Å². The van der Waals surface area contributed by atoms with Crippen molar-refractivity contribution in [1.82, 2.24) is 14.8 Å². The highest BCUT2D eigenvalue weighted by atomic mass is 127. The molecule has 0 bridgehead atoms. The van der Waals surface area contributed by atoms with Crippen LogP contribution >= 0.6 is 38.5 Å². The van der Waals surface area contributed by atoms with Gasteiger partial charge < -0.3 is 0 Å². The molecular formula is C15H9BrIN3O. The lowest BCUT2D eigenvalue weighted by atomic mass is 10.1. The zero-order chi connectivity index (χ0) is 14.8. The summed E-state index contributed by atoms with van der Waals surface area (Å²) in [6.07, 6.45) is 4.20. The summed E-state index contributed by atoms with van der Waals surface area (Å²) in [4.78, 5) is 15.6. The monoisotopic (exact) mass is 453 g/mol. The molecule has 2 aromatic heterocycles. The lowest BCUT2D eigenvalue weighted by Crippen LogP contribution is -1.97. The summed E-state index contributed by atoms with van der Waals surface area (Å²) in [7, 11) is 0. The second kappa shape index (κ2) is 6.07. The summed E-state index contributed by atoms with van der Waals surface area (Å²) in [5, 5.41) is 4.49. The average molecular weight is 454 g/mol. The highest BCUT2D eigenvalue weighted by molar-refractivity contribution is 14.1. The Hall–Kier alpha value is -1.54. The molecule has 4 nitrogen and oxygen atoms in total. The number of pyridine rings is 1. The van der Waals surface area contributed by atoms with Gasteiger partial charge in [-0.15, -0.1) is 0 Å². The van der Waals surface area contributed by atoms with E-state index in [2.05, 4.69) is 48.6 Å². The number of rotatable bonds is 3. The Morgan fingerprint density at radius 3 is 2.52 bits per heavy atom. The molecule has 0 unspecified atom stereocenters. The number of halogens is 2. The number of hydrogen-bond acceptors (Lipinski definition) is 3. The van der Waals surface area contributed by atoms with E-state index in [4.69, 9.17) is 0 Å². The van der Waals surface area contributed by atoms with Gasteiger partial charge in [0.2, 0.25) is 0 Å². The number of nitrogens with zero attached hydrogens (tertiary/aromatic N) is 3. The average Bonchev–Trinajstić information content (AvgIpc) is 2.93. The van der Waals surface area contributed by atoms with Gasteiger partial charge >= 0.3 is 0 Å². The third kappa shape index (κ3) is 3.06. The Morgan fingerprint density at radius 1 is 1.14 bits per heavy atom. The van der Waals surface area contributed by atoms with E-state index in [1.54, 1.807) is 17.1 Å². The van der Waals surface area contributed by atoms with E-state index in [9.17, 15) is 4.79 Å². The number of carbonyl (C=O) groups excluding carboxylic acids is 1. The summed E-state index contributed by atoms with van der Waals surface area (Å²) < 4.78 is 3.65. The molecule has 0 saturated carbocycles. The Morgan fingerprint density at radius 2 is 1.90 bits per heavy atom. The number of benzene rings is 1. The predicted octanol–water partition coefficient (Wildman–Crippen LogP) is 4.11. The molecule has 1 aromatic carbocycles. The molecule has 0 aliphatic rings. The van der Waals surface area contributed by atoms with Gasteiger partial charge in [0.25, 0.3) is 0 Å². The molecule has 0 aliphatic carbocycles. The normalized spacial score (nSPS) is 10.6. The Labute approximate surface area is 143 Å². The van der Waals surface area contributed by atoms with E-state index in [1.807, 2.05) is 36.4 Å². The van der Waals surface area contributed by atoms with Crippen LogP contribution in [0.4, 0.5) is 0 Å². The van der Waals surface area contributed by atoms with Gasteiger partial charge in [-0.1, -0.05) is 12.1 Å². The molecule has 0 spiro atoms. The van der Waals surface area contributed by atoms with Crippen LogP contribution in [0.15, 0.2) is 53.3 Å². The van der Waals surface area contributed by atoms with Crippen LogP contribution in [0, 0.1) is 3.57 Å². The van der Waals surface area contributed by atoms with Crippen molar-refractivity contribution in [2.75, 3.05) is 0 Å². The molecule has 0 amide bonds. The van der Waals surface area contributed by atoms with Gasteiger partial charge in [-0.05, 0) is 62.8 Å². The predicted molar refractivity (Wildman–Crippen MR) is 92.6 cm³/mol. The first-order valence-corrected chi connectivity index (χ1v) is 7.97. The number of carbonyl (C=O) groups is 1.